The lowest BCUT2D eigenvalue weighted by Gasteiger charge is -2.04. The lowest BCUT2D eigenvalue weighted by Crippen LogP contribution is -2.08. The molecule has 1 atom stereocenters. The molecule has 1 rings (SSSR count). The molecule has 3 heteroatoms. The Labute approximate surface area is 72.9 Å². The number of nitrogens with one attached hydrogen (secondary N) is 1. The van der Waals surface area contributed by atoms with Crippen molar-refractivity contribution in [3.05, 3.63) is 36.7 Å². The third-order valence-corrected chi connectivity index (χ3v) is 1.44. The minimum Gasteiger partial charge on any atom is -0.364 e. The van der Waals surface area contributed by atoms with Gasteiger partial charge in [0.1, 0.15) is 0 Å². The van der Waals surface area contributed by atoms with Gasteiger partial charge >= 0.3 is 0 Å². The van der Waals surface area contributed by atoms with E-state index in [1.54, 1.807) is 0 Å². The van der Waals surface area contributed by atoms with Gasteiger partial charge in [0, 0.05) is 17.9 Å². The second-order valence-corrected chi connectivity index (χ2v) is 2.26. The molecule has 1 aromatic rings. The van der Waals surface area contributed by atoms with Gasteiger partial charge < -0.3 is 10.7 Å². The number of aromatic amines is 1. The van der Waals surface area contributed by atoms with E-state index in [4.69, 9.17) is 5.73 Å². The minimum absolute atomic E-state index is 0. The van der Waals surface area contributed by atoms with Crippen LogP contribution in [0.15, 0.2) is 31.0 Å². The van der Waals surface area contributed by atoms with E-state index in [0.717, 1.165) is 12.1 Å². The lowest BCUT2D eigenvalue weighted by atomic mass is 10.1. The van der Waals surface area contributed by atoms with Crippen molar-refractivity contribution < 1.29 is 0 Å². The minimum atomic E-state index is 0. The van der Waals surface area contributed by atoms with Crippen LogP contribution < -0.4 is 5.73 Å². The normalized spacial score (nSPS) is 11.7. The highest BCUT2D eigenvalue weighted by atomic mass is 35.5. The Morgan fingerprint density at radius 2 is 2.45 bits per heavy atom. The number of hydrogen-bond donors (Lipinski definition) is 2. The molecular formula is C8H13ClN2. The van der Waals surface area contributed by atoms with Crippen LogP contribution in [0, 0.1) is 0 Å². The Balaban J connectivity index is 0.000001000. The van der Waals surface area contributed by atoms with Crippen molar-refractivity contribution in [3.8, 4) is 0 Å². The van der Waals surface area contributed by atoms with E-state index in [1.807, 2.05) is 24.4 Å². The maximum Gasteiger partial charge on any atom is 0.0482 e. The third-order valence-electron chi connectivity index (χ3n) is 1.44. The van der Waals surface area contributed by atoms with Gasteiger partial charge in [-0.1, -0.05) is 6.08 Å². The van der Waals surface area contributed by atoms with Gasteiger partial charge in [-0.05, 0) is 18.6 Å². The zero-order valence-electron chi connectivity index (χ0n) is 6.29. The summed E-state index contributed by atoms with van der Waals surface area (Å²) in [6.07, 6.45) is 4.52. The summed E-state index contributed by atoms with van der Waals surface area (Å²) in [6, 6.07) is 4.00. The molecule has 0 amide bonds. The fourth-order valence-electron chi connectivity index (χ4n) is 0.881. The van der Waals surface area contributed by atoms with Gasteiger partial charge in [-0.15, -0.1) is 19.0 Å². The molecule has 0 radical (unpaired) electrons. The molecule has 1 aromatic heterocycles. The molecule has 3 N–H and O–H groups in total. The molecule has 0 saturated heterocycles. The molecular weight excluding hydrogens is 160 g/mol. The summed E-state index contributed by atoms with van der Waals surface area (Å²) >= 11 is 0. The van der Waals surface area contributed by atoms with Gasteiger partial charge in [0.15, 0.2) is 0 Å². The van der Waals surface area contributed by atoms with Gasteiger partial charge in [-0.2, -0.15) is 0 Å². The van der Waals surface area contributed by atoms with Crippen LogP contribution in [0.1, 0.15) is 18.2 Å². The Morgan fingerprint density at radius 1 is 1.73 bits per heavy atom. The number of rotatable bonds is 3. The fraction of sp³-hybridized carbons (Fsp3) is 0.250. The molecule has 0 bridgehead atoms. The van der Waals surface area contributed by atoms with Gasteiger partial charge in [-0.3, -0.25) is 0 Å². The number of nitrogens with two attached hydrogens (primary N) is 1. The van der Waals surface area contributed by atoms with Gasteiger partial charge in [0.2, 0.25) is 0 Å². The highest BCUT2D eigenvalue weighted by molar-refractivity contribution is 5.85. The summed E-state index contributed by atoms with van der Waals surface area (Å²) in [5.74, 6) is 0. The average Bonchev–Trinajstić information content (AvgIpc) is 2.38. The quantitative estimate of drug-likeness (QED) is 0.673. The molecule has 0 saturated carbocycles. The average molecular weight is 173 g/mol. The van der Waals surface area contributed by atoms with E-state index in [1.165, 1.54) is 0 Å². The molecule has 2 nitrogen and oxygen atoms in total. The van der Waals surface area contributed by atoms with Crippen molar-refractivity contribution in [2.24, 2.45) is 5.73 Å². The number of hydrogen-bond acceptors (Lipinski definition) is 1. The summed E-state index contributed by atoms with van der Waals surface area (Å²) in [6.45, 7) is 3.62. The zero-order chi connectivity index (χ0) is 7.40. The standard InChI is InChI=1S/C8H12N2.ClH/c1-2-4-7(9)8-5-3-6-10-8;/h2-3,5-7,10H,1,4,9H2;1H/t7-;/m0./s1. The van der Waals surface area contributed by atoms with Crippen LogP contribution >= 0.6 is 12.4 Å². The van der Waals surface area contributed by atoms with E-state index in [9.17, 15) is 0 Å². The highest BCUT2D eigenvalue weighted by Crippen LogP contribution is 2.10. The molecule has 0 aliphatic heterocycles. The zero-order valence-corrected chi connectivity index (χ0v) is 7.10. The van der Waals surface area contributed by atoms with Crippen LogP contribution in [-0.4, -0.2) is 4.98 Å². The van der Waals surface area contributed by atoms with Crippen molar-refractivity contribution in [2.45, 2.75) is 12.5 Å². The molecule has 0 spiro atoms. The van der Waals surface area contributed by atoms with Crippen LogP contribution in [0.2, 0.25) is 0 Å². The van der Waals surface area contributed by atoms with Crippen molar-refractivity contribution >= 4 is 12.4 Å². The summed E-state index contributed by atoms with van der Waals surface area (Å²) in [5, 5.41) is 0. The number of H-pyrrole nitrogens is 1. The predicted octanol–water partition coefficient (Wildman–Crippen LogP) is 2.01. The molecule has 0 aromatic carbocycles. The molecule has 0 aliphatic rings. The van der Waals surface area contributed by atoms with Crippen LogP contribution in [0.25, 0.3) is 0 Å². The topological polar surface area (TPSA) is 41.8 Å². The number of aromatic nitrogens is 1. The van der Waals surface area contributed by atoms with Gasteiger partial charge in [0.05, 0.1) is 0 Å². The van der Waals surface area contributed by atoms with E-state index in [-0.39, 0.29) is 18.4 Å². The molecule has 1 heterocycles. The van der Waals surface area contributed by atoms with E-state index in [0.29, 0.717) is 0 Å². The Morgan fingerprint density at radius 3 is 2.91 bits per heavy atom. The monoisotopic (exact) mass is 172 g/mol. The number of halogens is 1. The van der Waals surface area contributed by atoms with Crippen molar-refractivity contribution in [1.82, 2.24) is 4.98 Å². The molecule has 11 heavy (non-hydrogen) atoms. The third kappa shape index (κ3) is 2.78. The van der Waals surface area contributed by atoms with Crippen molar-refractivity contribution in [1.29, 1.82) is 0 Å². The molecule has 0 unspecified atom stereocenters. The van der Waals surface area contributed by atoms with Gasteiger partial charge in [-0.25, -0.2) is 0 Å². The maximum atomic E-state index is 5.75. The highest BCUT2D eigenvalue weighted by Gasteiger charge is 2.01. The maximum absolute atomic E-state index is 5.75. The lowest BCUT2D eigenvalue weighted by molar-refractivity contribution is 0.720. The van der Waals surface area contributed by atoms with Gasteiger partial charge in [0.25, 0.3) is 0 Å². The van der Waals surface area contributed by atoms with Crippen LogP contribution in [0.5, 0.6) is 0 Å². The first-order valence-electron chi connectivity index (χ1n) is 3.34. The summed E-state index contributed by atoms with van der Waals surface area (Å²) in [7, 11) is 0. The molecule has 0 aliphatic carbocycles. The Bertz CT molecular complexity index is 194. The second-order valence-electron chi connectivity index (χ2n) is 2.26. The Hall–Kier alpha value is -0.730. The van der Waals surface area contributed by atoms with Crippen LogP contribution in [0.4, 0.5) is 0 Å². The van der Waals surface area contributed by atoms with E-state index < -0.39 is 0 Å². The largest absolute Gasteiger partial charge is 0.364 e. The van der Waals surface area contributed by atoms with E-state index >= 15 is 0 Å². The summed E-state index contributed by atoms with van der Waals surface area (Å²) < 4.78 is 0. The molecule has 62 valence electrons. The summed E-state index contributed by atoms with van der Waals surface area (Å²) in [4.78, 5) is 3.05. The van der Waals surface area contributed by atoms with Crippen molar-refractivity contribution in [2.75, 3.05) is 0 Å². The predicted molar refractivity (Wildman–Crippen MR) is 49.8 cm³/mol. The first kappa shape index (κ1) is 10.3. The fourth-order valence-corrected chi connectivity index (χ4v) is 0.881. The Kier molecular flexibility index (Phi) is 4.66. The second kappa shape index (κ2) is 4.99. The van der Waals surface area contributed by atoms with Crippen LogP contribution in [0.3, 0.4) is 0 Å². The van der Waals surface area contributed by atoms with Crippen LogP contribution in [-0.2, 0) is 0 Å². The SMILES string of the molecule is C=CC[C@H](N)c1ccc[nH]1.Cl. The first-order valence-corrected chi connectivity index (χ1v) is 3.34. The molecule has 0 fully saturated rings. The summed E-state index contributed by atoms with van der Waals surface area (Å²) in [5.41, 5.74) is 6.82. The first-order chi connectivity index (χ1) is 4.84. The smallest absolute Gasteiger partial charge is 0.0482 e. The van der Waals surface area contributed by atoms with Crippen molar-refractivity contribution in [3.63, 3.8) is 0 Å². The van der Waals surface area contributed by atoms with E-state index in [2.05, 4.69) is 11.6 Å².